The van der Waals surface area contributed by atoms with Crippen LogP contribution in [0.1, 0.15) is 26.0 Å². The number of rotatable bonds is 5. The first-order chi connectivity index (χ1) is 11.2. The summed E-state index contributed by atoms with van der Waals surface area (Å²) < 4.78 is 37.3. The van der Waals surface area contributed by atoms with E-state index >= 15 is 0 Å². The fraction of sp³-hybridized carbons (Fsp3) is 0.312. The van der Waals surface area contributed by atoms with Crippen LogP contribution >= 0.6 is 0 Å². The molecule has 128 valence electrons. The van der Waals surface area contributed by atoms with Crippen LogP contribution in [-0.4, -0.2) is 16.1 Å². The van der Waals surface area contributed by atoms with Crippen LogP contribution in [0, 0.1) is 5.92 Å². The van der Waals surface area contributed by atoms with Gasteiger partial charge in [0.2, 0.25) is 5.91 Å². The van der Waals surface area contributed by atoms with Crippen molar-refractivity contribution in [1.29, 1.82) is 0 Å². The molecule has 0 aliphatic heterocycles. The lowest BCUT2D eigenvalue weighted by molar-refractivity contribution is -0.141. The van der Waals surface area contributed by atoms with E-state index in [9.17, 15) is 18.0 Å². The summed E-state index contributed by atoms with van der Waals surface area (Å²) in [4.78, 5) is 11.7. The van der Waals surface area contributed by atoms with Crippen LogP contribution in [0.3, 0.4) is 0 Å². The molecule has 2 N–H and O–H groups in total. The first-order valence-electron chi connectivity index (χ1n) is 7.32. The van der Waals surface area contributed by atoms with Crippen molar-refractivity contribution < 1.29 is 18.0 Å². The van der Waals surface area contributed by atoms with Crippen LogP contribution in [-0.2, 0) is 11.0 Å². The Kier molecular flexibility index (Phi) is 5.38. The normalized spacial score (nSPS) is 11.4. The molecule has 24 heavy (non-hydrogen) atoms. The molecular formula is C16H17F3N4O. The van der Waals surface area contributed by atoms with E-state index in [2.05, 4.69) is 20.8 Å². The maximum atomic E-state index is 12.4. The zero-order valence-electron chi connectivity index (χ0n) is 13.2. The van der Waals surface area contributed by atoms with Crippen molar-refractivity contribution in [2.24, 2.45) is 5.92 Å². The largest absolute Gasteiger partial charge is 0.435 e. The Bertz CT molecular complexity index is 682. The molecule has 1 amide bonds. The van der Waals surface area contributed by atoms with Crippen LogP contribution in [0.4, 0.5) is 30.4 Å². The number of hydrogen-bond donors (Lipinski definition) is 2. The molecule has 0 fully saturated rings. The highest BCUT2D eigenvalue weighted by Gasteiger charge is 2.32. The van der Waals surface area contributed by atoms with Crippen molar-refractivity contribution in [3.63, 3.8) is 0 Å². The maximum Gasteiger partial charge on any atom is 0.435 e. The Labute approximate surface area is 137 Å². The molecule has 0 aliphatic rings. The van der Waals surface area contributed by atoms with Gasteiger partial charge in [0.25, 0.3) is 0 Å². The number of hydrogen-bond acceptors (Lipinski definition) is 4. The topological polar surface area (TPSA) is 66.9 Å². The number of aromatic nitrogens is 2. The van der Waals surface area contributed by atoms with E-state index in [1.807, 2.05) is 13.8 Å². The van der Waals surface area contributed by atoms with Gasteiger partial charge in [0, 0.05) is 17.8 Å². The molecule has 0 bridgehead atoms. The molecule has 2 rings (SSSR count). The average molecular weight is 338 g/mol. The highest BCUT2D eigenvalue weighted by molar-refractivity contribution is 5.91. The lowest BCUT2D eigenvalue weighted by Crippen LogP contribution is -2.13. The first kappa shape index (κ1) is 17.7. The molecule has 1 aromatic heterocycles. The van der Waals surface area contributed by atoms with E-state index in [4.69, 9.17) is 0 Å². The summed E-state index contributed by atoms with van der Waals surface area (Å²) in [5.41, 5.74) is 0.215. The molecule has 0 unspecified atom stereocenters. The molecule has 5 nitrogen and oxygen atoms in total. The van der Waals surface area contributed by atoms with Gasteiger partial charge >= 0.3 is 6.18 Å². The van der Waals surface area contributed by atoms with Gasteiger partial charge in [-0.15, -0.1) is 10.2 Å². The predicted molar refractivity (Wildman–Crippen MR) is 84.8 cm³/mol. The fourth-order valence-corrected chi connectivity index (χ4v) is 1.92. The fourth-order valence-electron chi connectivity index (χ4n) is 1.92. The molecular weight excluding hydrogens is 321 g/mol. The second-order valence-electron chi connectivity index (χ2n) is 5.65. The van der Waals surface area contributed by atoms with Crippen molar-refractivity contribution in [3.8, 4) is 0 Å². The Hall–Kier alpha value is -2.64. The smallest absolute Gasteiger partial charge is 0.339 e. The minimum atomic E-state index is -4.51. The van der Waals surface area contributed by atoms with Crippen LogP contribution in [0.2, 0.25) is 0 Å². The van der Waals surface area contributed by atoms with E-state index < -0.39 is 11.9 Å². The van der Waals surface area contributed by atoms with Crippen molar-refractivity contribution in [2.75, 3.05) is 10.6 Å². The number of carbonyl (C=O) groups excluding carboxylic acids is 1. The van der Waals surface area contributed by atoms with E-state index in [-0.39, 0.29) is 17.6 Å². The summed E-state index contributed by atoms with van der Waals surface area (Å²) in [6.07, 6.45) is -4.08. The summed E-state index contributed by atoms with van der Waals surface area (Å²) in [5, 5.41) is 12.2. The number of anilines is 3. The van der Waals surface area contributed by atoms with Crippen LogP contribution in [0.25, 0.3) is 0 Å². The molecule has 1 aromatic carbocycles. The second-order valence-corrected chi connectivity index (χ2v) is 5.65. The number of nitrogens with one attached hydrogen (secondary N) is 2. The number of nitrogens with zero attached hydrogens (tertiary/aromatic N) is 2. The Morgan fingerprint density at radius 1 is 1.04 bits per heavy atom. The summed E-state index contributed by atoms with van der Waals surface area (Å²) in [6.45, 7) is 3.91. The molecule has 0 atom stereocenters. The lowest BCUT2D eigenvalue weighted by Gasteiger charge is -2.09. The third-order valence-corrected chi connectivity index (χ3v) is 2.99. The van der Waals surface area contributed by atoms with Crippen LogP contribution in [0.15, 0.2) is 36.4 Å². The lowest BCUT2D eigenvalue weighted by atomic mass is 10.1. The van der Waals surface area contributed by atoms with Gasteiger partial charge in [0.15, 0.2) is 11.5 Å². The minimum Gasteiger partial charge on any atom is -0.339 e. The third-order valence-electron chi connectivity index (χ3n) is 2.99. The van der Waals surface area contributed by atoms with Gasteiger partial charge in [-0.3, -0.25) is 4.79 Å². The summed E-state index contributed by atoms with van der Waals surface area (Å²) in [5.74, 6) is 0.392. The van der Waals surface area contributed by atoms with Crippen molar-refractivity contribution in [2.45, 2.75) is 26.4 Å². The highest BCUT2D eigenvalue weighted by atomic mass is 19.4. The van der Waals surface area contributed by atoms with E-state index in [0.717, 1.165) is 6.07 Å². The minimum absolute atomic E-state index is 0.0701. The number of benzene rings is 1. The molecule has 0 aliphatic carbocycles. The predicted octanol–water partition coefficient (Wildman–Crippen LogP) is 4.22. The standard InChI is InChI=1S/C16H17F3N4O/c1-10(2)9-15(24)21-12-5-3-11(4-6-12)20-14-8-7-13(22-23-14)16(17,18)19/h3-8,10H,9H2,1-2H3,(H,20,23)(H,21,24). The summed E-state index contributed by atoms with van der Waals surface area (Å²) in [7, 11) is 0. The van der Waals surface area contributed by atoms with Gasteiger partial charge < -0.3 is 10.6 Å². The zero-order valence-corrected chi connectivity index (χ0v) is 13.2. The summed E-state index contributed by atoms with van der Waals surface area (Å²) in [6, 6.07) is 8.81. The molecule has 2 aromatic rings. The van der Waals surface area contributed by atoms with E-state index in [0.29, 0.717) is 17.8 Å². The molecule has 0 saturated carbocycles. The number of amides is 1. The van der Waals surface area contributed by atoms with E-state index in [1.54, 1.807) is 24.3 Å². The van der Waals surface area contributed by atoms with Gasteiger partial charge in [0.05, 0.1) is 0 Å². The van der Waals surface area contributed by atoms with Crippen molar-refractivity contribution >= 4 is 23.1 Å². The van der Waals surface area contributed by atoms with Gasteiger partial charge in [0.1, 0.15) is 0 Å². The molecule has 0 radical (unpaired) electrons. The molecule has 0 saturated heterocycles. The third kappa shape index (κ3) is 5.22. The first-order valence-corrected chi connectivity index (χ1v) is 7.32. The molecule has 8 heteroatoms. The second kappa shape index (κ2) is 7.29. The monoisotopic (exact) mass is 338 g/mol. The van der Waals surface area contributed by atoms with Crippen molar-refractivity contribution in [3.05, 3.63) is 42.1 Å². The van der Waals surface area contributed by atoms with Gasteiger partial charge in [-0.05, 0) is 42.3 Å². The SMILES string of the molecule is CC(C)CC(=O)Nc1ccc(Nc2ccc(C(F)(F)F)nn2)cc1. The zero-order chi connectivity index (χ0) is 17.7. The van der Waals surface area contributed by atoms with Crippen LogP contribution in [0.5, 0.6) is 0 Å². The number of alkyl halides is 3. The highest BCUT2D eigenvalue weighted by Crippen LogP contribution is 2.27. The number of carbonyl (C=O) groups is 1. The van der Waals surface area contributed by atoms with Gasteiger partial charge in [-0.25, -0.2) is 0 Å². The number of halogens is 3. The van der Waals surface area contributed by atoms with Gasteiger partial charge in [-0.1, -0.05) is 13.8 Å². The molecule has 0 spiro atoms. The van der Waals surface area contributed by atoms with E-state index in [1.165, 1.54) is 6.07 Å². The van der Waals surface area contributed by atoms with Crippen LogP contribution < -0.4 is 10.6 Å². The Morgan fingerprint density at radius 3 is 2.17 bits per heavy atom. The average Bonchev–Trinajstić information content (AvgIpc) is 2.48. The molecule has 1 heterocycles. The Balaban J connectivity index is 1.97. The van der Waals surface area contributed by atoms with Crippen molar-refractivity contribution in [1.82, 2.24) is 10.2 Å². The summed E-state index contributed by atoms with van der Waals surface area (Å²) >= 11 is 0. The van der Waals surface area contributed by atoms with Gasteiger partial charge in [-0.2, -0.15) is 13.2 Å². The maximum absolute atomic E-state index is 12.4. The quantitative estimate of drug-likeness (QED) is 0.856. The Morgan fingerprint density at radius 2 is 1.67 bits per heavy atom.